The summed E-state index contributed by atoms with van der Waals surface area (Å²) < 4.78 is 51.4. The summed E-state index contributed by atoms with van der Waals surface area (Å²) in [6, 6.07) is 3.30. The molecule has 2 aliphatic rings. The summed E-state index contributed by atoms with van der Waals surface area (Å²) in [5, 5.41) is -0.667. The highest BCUT2D eigenvalue weighted by atomic mass is 32.2. The summed E-state index contributed by atoms with van der Waals surface area (Å²) in [5.74, 6) is -1.61. The minimum absolute atomic E-state index is 0.153. The van der Waals surface area contributed by atoms with Crippen LogP contribution in [0.25, 0.3) is 0 Å². The largest absolute Gasteiger partial charge is 0.353 e. The van der Waals surface area contributed by atoms with Gasteiger partial charge in [0.05, 0.1) is 10.7 Å². The van der Waals surface area contributed by atoms with Gasteiger partial charge in [0.1, 0.15) is 17.7 Å². The van der Waals surface area contributed by atoms with E-state index >= 15 is 0 Å². The smallest absolute Gasteiger partial charge is 0.158 e. The summed E-state index contributed by atoms with van der Waals surface area (Å²) in [4.78, 5) is 13.0. The second-order valence-corrected chi connectivity index (χ2v) is 8.84. The van der Waals surface area contributed by atoms with Crippen LogP contribution in [0.5, 0.6) is 0 Å². The fourth-order valence-corrected chi connectivity index (χ4v) is 4.05. The van der Waals surface area contributed by atoms with E-state index in [0.717, 1.165) is 18.9 Å². The highest BCUT2D eigenvalue weighted by Gasteiger charge is 2.59. The van der Waals surface area contributed by atoms with E-state index < -0.39 is 45.5 Å². The van der Waals surface area contributed by atoms with Crippen molar-refractivity contribution < 1.29 is 27.3 Å². The van der Waals surface area contributed by atoms with Gasteiger partial charge in [0.15, 0.2) is 12.1 Å². The fourth-order valence-electron chi connectivity index (χ4n) is 3.51. The van der Waals surface area contributed by atoms with Crippen LogP contribution in [0.4, 0.5) is 8.78 Å². The Morgan fingerprint density at radius 1 is 1.35 bits per heavy atom. The monoisotopic (exact) mass is 386 g/mol. The van der Waals surface area contributed by atoms with E-state index in [-0.39, 0.29) is 11.3 Å². The van der Waals surface area contributed by atoms with Crippen LogP contribution in [0.3, 0.4) is 0 Å². The van der Waals surface area contributed by atoms with Crippen LogP contribution in [-0.2, 0) is 25.1 Å². The maximum atomic E-state index is 14.5. The van der Waals surface area contributed by atoms with E-state index in [1.165, 1.54) is 18.4 Å². The van der Waals surface area contributed by atoms with Gasteiger partial charge in [0.2, 0.25) is 0 Å². The predicted molar refractivity (Wildman–Crippen MR) is 94.0 cm³/mol. The van der Waals surface area contributed by atoms with Crippen molar-refractivity contribution in [1.29, 1.82) is 0 Å². The van der Waals surface area contributed by atoms with Gasteiger partial charge in [-0.2, -0.15) is 0 Å². The van der Waals surface area contributed by atoms with Gasteiger partial charge in [-0.25, -0.2) is 8.78 Å². The van der Waals surface area contributed by atoms with Crippen LogP contribution in [0.1, 0.15) is 50.7 Å². The average Bonchev–Trinajstić information content (AvgIpc) is 3.41. The lowest BCUT2D eigenvalue weighted by Crippen LogP contribution is -2.38. The molecule has 0 aromatic heterocycles. The van der Waals surface area contributed by atoms with Crippen LogP contribution in [-0.4, -0.2) is 34.4 Å². The van der Waals surface area contributed by atoms with Crippen molar-refractivity contribution in [2.75, 3.05) is 12.9 Å². The molecular formula is C19H24F2O4S. The number of benzene rings is 1. The molecule has 1 saturated heterocycles. The summed E-state index contributed by atoms with van der Waals surface area (Å²) in [6.45, 7) is 2.17. The van der Waals surface area contributed by atoms with Crippen molar-refractivity contribution >= 4 is 16.6 Å². The molecule has 144 valence electrons. The zero-order chi connectivity index (χ0) is 18.9. The van der Waals surface area contributed by atoms with Gasteiger partial charge in [-0.1, -0.05) is 6.07 Å². The molecule has 4 unspecified atom stereocenters. The number of rotatable bonds is 7. The lowest BCUT2D eigenvalue weighted by molar-refractivity contribution is -0.204. The maximum absolute atomic E-state index is 14.5. The first-order valence-corrected chi connectivity index (χ1v) is 10.6. The molecule has 1 heterocycles. The third-order valence-electron chi connectivity index (χ3n) is 5.32. The summed E-state index contributed by atoms with van der Waals surface area (Å²) >= 11 is 0. The second kappa shape index (κ2) is 7.82. The summed E-state index contributed by atoms with van der Waals surface area (Å²) in [5.41, 5.74) is -0.773. The van der Waals surface area contributed by atoms with E-state index in [0.29, 0.717) is 25.9 Å². The maximum Gasteiger partial charge on any atom is 0.158 e. The molecule has 0 N–H and O–H groups in total. The van der Waals surface area contributed by atoms with Crippen LogP contribution in [0.15, 0.2) is 18.2 Å². The number of halogens is 2. The number of carbonyl (C=O) groups is 1. The number of hydrogen-bond acceptors (Lipinski definition) is 4. The van der Waals surface area contributed by atoms with E-state index in [4.69, 9.17) is 9.47 Å². The Morgan fingerprint density at radius 2 is 2.08 bits per heavy atom. The van der Waals surface area contributed by atoms with Crippen molar-refractivity contribution in [3.8, 4) is 0 Å². The Bertz CT molecular complexity index is 699. The zero-order valence-electron chi connectivity index (χ0n) is 15.0. The molecule has 1 aliphatic heterocycles. The molecule has 0 spiro atoms. The molecule has 0 amide bonds. The Morgan fingerprint density at radius 3 is 2.62 bits per heavy atom. The lowest BCUT2D eigenvalue weighted by atomic mass is 9.86. The first-order valence-electron chi connectivity index (χ1n) is 8.94. The van der Waals surface area contributed by atoms with Crippen LogP contribution in [0, 0.1) is 17.0 Å². The Kier molecular flexibility index (Phi) is 5.89. The molecule has 0 bridgehead atoms. The van der Waals surface area contributed by atoms with Gasteiger partial charge in [0.25, 0.3) is 0 Å². The number of carbonyl (C=O) groups excluding carboxylic acids is 1. The highest BCUT2D eigenvalue weighted by Crippen LogP contribution is 2.59. The number of Topliss-reactive ketones (excluding diaryl/α,β-unsaturated/α-hetero) is 1. The van der Waals surface area contributed by atoms with Gasteiger partial charge in [0, 0.05) is 35.3 Å². The quantitative estimate of drug-likeness (QED) is 0.718. The third-order valence-corrected chi connectivity index (χ3v) is 6.53. The zero-order valence-corrected chi connectivity index (χ0v) is 15.8. The normalized spacial score (nSPS) is 25.3. The van der Waals surface area contributed by atoms with E-state index in [1.807, 2.05) is 0 Å². The van der Waals surface area contributed by atoms with E-state index in [2.05, 4.69) is 0 Å². The van der Waals surface area contributed by atoms with Gasteiger partial charge in [-0.05, 0) is 45.1 Å². The molecule has 1 aliphatic carbocycles. The molecule has 0 radical (unpaired) electrons. The highest BCUT2D eigenvalue weighted by molar-refractivity contribution is 7.85. The molecular weight excluding hydrogens is 362 g/mol. The number of ether oxygens (including phenoxy) is 2. The second-order valence-electron chi connectivity index (χ2n) is 7.14. The Hall–Kier alpha value is -1.18. The van der Waals surface area contributed by atoms with Crippen LogP contribution < -0.4 is 0 Å². The molecule has 1 saturated carbocycles. The molecule has 1 aromatic carbocycles. The van der Waals surface area contributed by atoms with Gasteiger partial charge < -0.3 is 9.47 Å². The minimum Gasteiger partial charge on any atom is -0.353 e. The number of ketones is 1. The van der Waals surface area contributed by atoms with Crippen molar-refractivity contribution in [2.24, 2.45) is 5.41 Å². The molecule has 1 aromatic rings. The topological polar surface area (TPSA) is 52.6 Å². The molecule has 2 fully saturated rings. The van der Waals surface area contributed by atoms with Crippen LogP contribution >= 0.6 is 0 Å². The molecule has 4 nitrogen and oxygen atoms in total. The minimum atomic E-state index is -1.33. The molecule has 3 rings (SSSR count). The van der Waals surface area contributed by atoms with E-state index in [9.17, 15) is 17.8 Å². The van der Waals surface area contributed by atoms with Crippen molar-refractivity contribution in [1.82, 2.24) is 0 Å². The fraction of sp³-hybridized carbons (Fsp3) is 0.632. The molecule has 26 heavy (non-hydrogen) atoms. The molecule has 4 atom stereocenters. The standard InChI is InChI=1S/C19H24F2O4S/c1-12(26(2)23)17(22)19(8-9-19)18(25-16-5-3-4-10-24-16)14-7-6-13(20)11-15(14)21/h6-7,11-12,16,18H,3-5,8-10H2,1-2H3. The first kappa shape index (κ1) is 19.6. The summed E-state index contributed by atoms with van der Waals surface area (Å²) in [7, 11) is -1.33. The molecule has 7 heteroatoms. The first-order chi connectivity index (χ1) is 12.3. The third kappa shape index (κ3) is 3.89. The van der Waals surface area contributed by atoms with E-state index in [1.54, 1.807) is 6.92 Å². The van der Waals surface area contributed by atoms with Crippen molar-refractivity contribution in [3.05, 3.63) is 35.4 Å². The Balaban J connectivity index is 1.94. The van der Waals surface area contributed by atoms with Gasteiger partial charge >= 0.3 is 0 Å². The lowest BCUT2D eigenvalue weighted by Gasteiger charge is -2.33. The SMILES string of the molecule is CC(C(=O)C1(C(OC2CCCCO2)c2ccc(F)cc2F)CC1)S(C)=O. The summed E-state index contributed by atoms with van der Waals surface area (Å²) in [6.07, 6.45) is 3.68. The predicted octanol–water partition coefficient (Wildman–Crippen LogP) is 3.67. The van der Waals surface area contributed by atoms with Crippen molar-refractivity contribution in [2.45, 2.75) is 56.7 Å². The Labute approximate surface area is 154 Å². The number of hydrogen-bond donors (Lipinski definition) is 0. The van der Waals surface area contributed by atoms with Gasteiger partial charge in [-0.15, -0.1) is 0 Å². The average molecular weight is 386 g/mol. The van der Waals surface area contributed by atoms with Gasteiger partial charge in [-0.3, -0.25) is 9.00 Å². The van der Waals surface area contributed by atoms with Crippen molar-refractivity contribution in [3.63, 3.8) is 0 Å². The van der Waals surface area contributed by atoms with Crippen LogP contribution in [0.2, 0.25) is 0 Å².